The van der Waals surface area contributed by atoms with Gasteiger partial charge in [0.1, 0.15) is 0 Å². The van der Waals surface area contributed by atoms with Crippen LogP contribution in [-0.2, 0) is 4.79 Å². The van der Waals surface area contributed by atoms with Gasteiger partial charge in [-0.1, -0.05) is 0 Å². The summed E-state index contributed by atoms with van der Waals surface area (Å²) in [5, 5.41) is 7.00. The number of hydrogen-bond donors (Lipinski definition) is 2. The van der Waals surface area contributed by atoms with E-state index in [1.807, 2.05) is 4.90 Å². The number of carbonyl (C=O) groups is 1. The second-order valence-corrected chi connectivity index (χ2v) is 5.46. The first kappa shape index (κ1) is 12.8. The molecule has 2 saturated heterocycles. The topological polar surface area (TPSA) is 44.4 Å². The molecule has 0 bridgehead atoms. The predicted molar refractivity (Wildman–Crippen MR) is 68.9 cm³/mol. The zero-order valence-corrected chi connectivity index (χ0v) is 10.9. The third-order valence-corrected chi connectivity index (χ3v) is 3.82. The van der Waals surface area contributed by atoms with Crippen molar-refractivity contribution in [2.45, 2.75) is 38.6 Å². The smallest absolute Gasteiger partial charge is 0.222 e. The number of carbonyl (C=O) groups excluding carboxylic acids is 1. The first-order chi connectivity index (χ1) is 8.25. The van der Waals surface area contributed by atoms with E-state index in [-0.39, 0.29) is 0 Å². The van der Waals surface area contributed by atoms with Gasteiger partial charge in [0.05, 0.1) is 0 Å². The maximum absolute atomic E-state index is 11.5. The standard InChI is InChI=1S/C13H25N3O/c1-11(10-16-7-3-5-13(16)17)15-9-12-4-2-6-14-8-12/h11-12,14-15H,2-10H2,1H3. The lowest BCUT2D eigenvalue weighted by Gasteiger charge is -2.26. The Morgan fingerprint density at radius 3 is 3.06 bits per heavy atom. The zero-order valence-electron chi connectivity index (χ0n) is 10.9. The van der Waals surface area contributed by atoms with Crippen molar-refractivity contribution in [3.63, 3.8) is 0 Å². The van der Waals surface area contributed by atoms with Gasteiger partial charge in [0.2, 0.25) is 5.91 Å². The van der Waals surface area contributed by atoms with Crippen molar-refractivity contribution in [3.8, 4) is 0 Å². The Bertz CT molecular complexity index is 251. The number of amides is 1. The van der Waals surface area contributed by atoms with E-state index in [0.29, 0.717) is 11.9 Å². The average Bonchev–Trinajstić information content (AvgIpc) is 2.74. The molecule has 0 aromatic heterocycles. The molecule has 2 heterocycles. The third-order valence-electron chi connectivity index (χ3n) is 3.82. The third kappa shape index (κ3) is 3.96. The predicted octanol–water partition coefficient (Wildman–Crippen LogP) is 0.587. The summed E-state index contributed by atoms with van der Waals surface area (Å²) in [5.74, 6) is 1.10. The van der Waals surface area contributed by atoms with Crippen LogP contribution in [0.3, 0.4) is 0 Å². The van der Waals surface area contributed by atoms with Crippen LogP contribution in [-0.4, -0.2) is 49.6 Å². The van der Waals surface area contributed by atoms with Crippen LogP contribution in [0, 0.1) is 5.92 Å². The van der Waals surface area contributed by atoms with Gasteiger partial charge in [0.25, 0.3) is 0 Å². The molecule has 0 spiro atoms. The van der Waals surface area contributed by atoms with Crippen LogP contribution >= 0.6 is 0 Å². The summed E-state index contributed by atoms with van der Waals surface area (Å²) in [6, 6.07) is 0.416. The second kappa shape index (κ2) is 6.36. The van der Waals surface area contributed by atoms with E-state index < -0.39 is 0 Å². The summed E-state index contributed by atoms with van der Waals surface area (Å²) < 4.78 is 0. The van der Waals surface area contributed by atoms with Crippen LogP contribution in [0.2, 0.25) is 0 Å². The molecule has 2 rings (SSSR count). The van der Waals surface area contributed by atoms with Gasteiger partial charge in [0, 0.05) is 25.6 Å². The lowest BCUT2D eigenvalue weighted by molar-refractivity contribution is -0.127. The number of nitrogens with one attached hydrogen (secondary N) is 2. The number of likely N-dealkylation sites (tertiary alicyclic amines) is 1. The Morgan fingerprint density at radius 1 is 1.53 bits per heavy atom. The van der Waals surface area contributed by atoms with Gasteiger partial charge in [-0.25, -0.2) is 0 Å². The fourth-order valence-electron chi connectivity index (χ4n) is 2.76. The molecule has 4 heteroatoms. The molecule has 17 heavy (non-hydrogen) atoms. The summed E-state index contributed by atoms with van der Waals surface area (Å²) in [6.07, 6.45) is 4.41. The van der Waals surface area contributed by atoms with Gasteiger partial charge >= 0.3 is 0 Å². The van der Waals surface area contributed by atoms with Crippen molar-refractivity contribution in [2.75, 3.05) is 32.7 Å². The molecule has 4 nitrogen and oxygen atoms in total. The second-order valence-electron chi connectivity index (χ2n) is 5.46. The number of hydrogen-bond acceptors (Lipinski definition) is 3. The normalized spacial score (nSPS) is 27.5. The Morgan fingerprint density at radius 2 is 2.41 bits per heavy atom. The maximum Gasteiger partial charge on any atom is 0.222 e. The molecule has 2 aliphatic heterocycles. The van der Waals surface area contributed by atoms with E-state index in [0.717, 1.165) is 44.9 Å². The largest absolute Gasteiger partial charge is 0.341 e. The number of piperidine rings is 1. The fourth-order valence-corrected chi connectivity index (χ4v) is 2.76. The number of rotatable bonds is 5. The first-order valence-corrected chi connectivity index (χ1v) is 6.97. The SMILES string of the molecule is CC(CN1CCCC1=O)NCC1CCCNC1. The van der Waals surface area contributed by atoms with Gasteiger partial charge < -0.3 is 15.5 Å². The summed E-state index contributed by atoms with van der Waals surface area (Å²) in [5.41, 5.74) is 0. The molecule has 0 aromatic rings. The molecule has 2 unspecified atom stereocenters. The molecule has 2 N–H and O–H groups in total. The summed E-state index contributed by atoms with van der Waals surface area (Å²) in [6.45, 7) is 7.41. The maximum atomic E-state index is 11.5. The molecule has 0 radical (unpaired) electrons. The number of nitrogens with zero attached hydrogens (tertiary/aromatic N) is 1. The Labute approximate surface area is 104 Å². The van der Waals surface area contributed by atoms with E-state index in [1.165, 1.54) is 19.4 Å². The zero-order chi connectivity index (χ0) is 12.1. The van der Waals surface area contributed by atoms with Crippen molar-refractivity contribution in [3.05, 3.63) is 0 Å². The van der Waals surface area contributed by atoms with E-state index in [9.17, 15) is 4.79 Å². The summed E-state index contributed by atoms with van der Waals surface area (Å²) in [4.78, 5) is 13.5. The van der Waals surface area contributed by atoms with Crippen LogP contribution in [0.4, 0.5) is 0 Å². The summed E-state index contributed by atoms with van der Waals surface area (Å²) >= 11 is 0. The lowest BCUT2D eigenvalue weighted by atomic mass is 9.99. The minimum absolute atomic E-state index is 0.331. The minimum atomic E-state index is 0.331. The van der Waals surface area contributed by atoms with Crippen LogP contribution < -0.4 is 10.6 Å². The average molecular weight is 239 g/mol. The van der Waals surface area contributed by atoms with Crippen molar-refractivity contribution in [1.82, 2.24) is 15.5 Å². The molecule has 0 saturated carbocycles. The van der Waals surface area contributed by atoms with Gasteiger partial charge in [0.15, 0.2) is 0 Å². The highest BCUT2D eigenvalue weighted by molar-refractivity contribution is 5.78. The Kier molecular flexibility index (Phi) is 4.80. The van der Waals surface area contributed by atoms with Crippen molar-refractivity contribution in [1.29, 1.82) is 0 Å². The van der Waals surface area contributed by atoms with Gasteiger partial charge in [-0.3, -0.25) is 4.79 Å². The van der Waals surface area contributed by atoms with Crippen molar-refractivity contribution < 1.29 is 4.79 Å². The molecule has 0 aliphatic carbocycles. The van der Waals surface area contributed by atoms with E-state index in [2.05, 4.69) is 17.6 Å². The highest BCUT2D eigenvalue weighted by atomic mass is 16.2. The van der Waals surface area contributed by atoms with Gasteiger partial charge in [-0.2, -0.15) is 0 Å². The fraction of sp³-hybridized carbons (Fsp3) is 0.923. The lowest BCUT2D eigenvalue weighted by Crippen LogP contribution is -2.43. The Hall–Kier alpha value is -0.610. The quantitative estimate of drug-likeness (QED) is 0.738. The van der Waals surface area contributed by atoms with Gasteiger partial charge in [-0.15, -0.1) is 0 Å². The van der Waals surface area contributed by atoms with E-state index in [4.69, 9.17) is 0 Å². The molecule has 2 atom stereocenters. The van der Waals surface area contributed by atoms with Crippen LogP contribution in [0.25, 0.3) is 0 Å². The summed E-state index contributed by atoms with van der Waals surface area (Å²) in [7, 11) is 0. The molecule has 98 valence electrons. The highest BCUT2D eigenvalue weighted by Gasteiger charge is 2.22. The molecular formula is C13H25N3O. The van der Waals surface area contributed by atoms with Crippen molar-refractivity contribution >= 4 is 5.91 Å². The monoisotopic (exact) mass is 239 g/mol. The molecule has 1 amide bonds. The van der Waals surface area contributed by atoms with Crippen LogP contribution in [0.5, 0.6) is 0 Å². The van der Waals surface area contributed by atoms with Crippen LogP contribution in [0.1, 0.15) is 32.6 Å². The molecule has 2 fully saturated rings. The molecule has 2 aliphatic rings. The molecule has 0 aromatic carbocycles. The van der Waals surface area contributed by atoms with E-state index in [1.54, 1.807) is 0 Å². The first-order valence-electron chi connectivity index (χ1n) is 6.97. The molecular weight excluding hydrogens is 214 g/mol. The highest BCUT2D eigenvalue weighted by Crippen LogP contribution is 2.11. The van der Waals surface area contributed by atoms with Crippen LogP contribution in [0.15, 0.2) is 0 Å². The van der Waals surface area contributed by atoms with Crippen molar-refractivity contribution in [2.24, 2.45) is 5.92 Å². The van der Waals surface area contributed by atoms with Gasteiger partial charge in [-0.05, 0) is 51.7 Å². The Balaban J connectivity index is 1.62. The van der Waals surface area contributed by atoms with E-state index >= 15 is 0 Å². The minimum Gasteiger partial charge on any atom is -0.341 e.